The van der Waals surface area contributed by atoms with Gasteiger partial charge < -0.3 is 15.5 Å². The molecule has 3 aromatic rings. The third-order valence-corrected chi connectivity index (χ3v) is 7.59. The van der Waals surface area contributed by atoms with Gasteiger partial charge in [0.05, 0.1) is 0 Å². The summed E-state index contributed by atoms with van der Waals surface area (Å²) in [5.74, 6) is 2.34. The molecule has 1 fully saturated rings. The van der Waals surface area contributed by atoms with Crippen LogP contribution in [-0.2, 0) is 4.79 Å². The molecule has 3 heterocycles. The van der Waals surface area contributed by atoms with Gasteiger partial charge in [-0.2, -0.15) is 5.10 Å². The second-order valence-corrected chi connectivity index (χ2v) is 11.5. The van der Waals surface area contributed by atoms with E-state index in [4.69, 9.17) is 9.97 Å². The quantitative estimate of drug-likeness (QED) is 0.336. The van der Waals surface area contributed by atoms with E-state index in [1.807, 2.05) is 50.2 Å². The molecule has 0 aliphatic carbocycles. The first kappa shape index (κ1) is 26.9. The highest BCUT2D eigenvalue weighted by atomic mass is 32.2. The van der Waals surface area contributed by atoms with Crippen LogP contribution in [0.15, 0.2) is 46.5 Å². The van der Waals surface area contributed by atoms with E-state index in [1.165, 1.54) is 11.8 Å². The number of aryl methyl sites for hydroxylation is 1. The van der Waals surface area contributed by atoms with Crippen LogP contribution in [0.3, 0.4) is 0 Å². The molecule has 0 spiro atoms. The summed E-state index contributed by atoms with van der Waals surface area (Å²) in [4.78, 5) is 27.2. The third-order valence-electron chi connectivity index (χ3n) is 6.72. The monoisotopic (exact) mass is 522 g/mol. The Bertz CT molecular complexity index is 1200. The summed E-state index contributed by atoms with van der Waals surface area (Å²) in [6, 6.07) is 12.3. The van der Waals surface area contributed by atoms with Gasteiger partial charge in [0.15, 0.2) is 11.0 Å². The zero-order chi connectivity index (χ0) is 26.6. The number of hydrogen-bond acceptors (Lipinski definition) is 8. The van der Waals surface area contributed by atoms with E-state index in [0.717, 1.165) is 53.8 Å². The van der Waals surface area contributed by atoms with Crippen LogP contribution in [0, 0.1) is 6.92 Å². The van der Waals surface area contributed by atoms with E-state index in [9.17, 15) is 4.79 Å². The highest BCUT2D eigenvalue weighted by molar-refractivity contribution is 7.99. The Hall–Kier alpha value is -3.11. The highest BCUT2D eigenvalue weighted by Gasteiger charge is 2.29. The Labute approximate surface area is 223 Å². The van der Waals surface area contributed by atoms with Gasteiger partial charge in [-0.05, 0) is 83.6 Å². The van der Waals surface area contributed by atoms with Crippen LogP contribution in [0.25, 0.3) is 0 Å². The first-order valence-electron chi connectivity index (χ1n) is 12.8. The fourth-order valence-corrected chi connectivity index (χ4v) is 5.06. The van der Waals surface area contributed by atoms with E-state index in [1.54, 1.807) is 0 Å². The third kappa shape index (κ3) is 7.23. The Morgan fingerprint density at radius 3 is 2.43 bits per heavy atom. The number of aromatic nitrogens is 4. The van der Waals surface area contributed by atoms with Crippen LogP contribution in [0.4, 0.5) is 23.1 Å². The fraction of sp³-hybridized carbons (Fsp3) is 0.481. The van der Waals surface area contributed by atoms with Crippen LogP contribution in [0.5, 0.6) is 0 Å². The average Bonchev–Trinajstić information content (AvgIpc) is 3.28. The fourth-order valence-electron chi connectivity index (χ4n) is 4.29. The summed E-state index contributed by atoms with van der Waals surface area (Å²) in [6.45, 7) is 12.5. The number of carbonyl (C=O) groups is 1. The van der Waals surface area contributed by atoms with Crippen LogP contribution < -0.4 is 15.5 Å². The number of anilines is 4. The van der Waals surface area contributed by atoms with Crippen LogP contribution >= 0.6 is 11.8 Å². The molecule has 1 amide bonds. The average molecular weight is 523 g/mol. The Morgan fingerprint density at radius 1 is 1.14 bits per heavy atom. The van der Waals surface area contributed by atoms with Gasteiger partial charge in [-0.15, -0.1) is 0 Å². The zero-order valence-corrected chi connectivity index (χ0v) is 23.4. The number of nitrogens with zero attached hydrogens (tertiary/aromatic N) is 5. The minimum atomic E-state index is -0.00165. The first-order valence-corrected chi connectivity index (χ1v) is 13.7. The van der Waals surface area contributed by atoms with Crippen molar-refractivity contribution < 1.29 is 4.79 Å². The van der Waals surface area contributed by atoms with Crippen molar-refractivity contribution in [2.24, 2.45) is 0 Å². The van der Waals surface area contributed by atoms with E-state index in [-0.39, 0.29) is 11.4 Å². The lowest BCUT2D eigenvalue weighted by Gasteiger charge is -2.43. The lowest BCUT2D eigenvalue weighted by molar-refractivity contribution is -0.115. The SMILES string of the molecule is CCC(=O)Nc1ccc(Sc2nc(Nc3cc(C)[nH]n3)cc(N3CCC(N(C)C(C)(C)C)CC3)n2)cc1. The molecule has 1 saturated heterocycles. The van der Waals surface area contributed by atoms with Gasteiger partial charge >= 0.3 is 0 Å². The van der Waals surface area contributed by atoms with Crippen LogP contribution in [-0.4, -0.2) is 62.7 Å². The van der Waals surface area contributed by atoms with Crippen molar-refractivity contribution in [3.05, 3.63) is 42.1 Å². The Morgan fingerprint density at radius 2 is 1.84 bits per heavy atom. The number of benzene rings is 1. The van der Waals surface area contributed by atoms with Crippen molar-refractivity contribution >= 4 is 40.8 Å². The van der Waals surface area contributed by atoms with Crippen molar-refractivity contribution in [3.63, 3.8) is 0 Å². The molecule has 0 unspecified atom stereocenters. The van der Waals surface area contributed by atoms with E-state index in [0.29, 0.717) is 23.4 Å². The largest absolute Gasteiger partial charge is 0.356 e. The maximum absolute atomic E-state index is 11.7. The molecule has 10 heteroatoms. The standard InChI is InChI=1S/C27H38N8OS/c1-7-25(36)28-19-8-10-21(11-9-19)37-26-30-22(29-23-16-18(2)32-33-23)17-24(31-26)35-14-12-20(13-15-35)34(6)27(3,4)5/h8-11,16-17,20H,7,12-15H2,1-6H3,(H,28,36)(H2,29,30,31,32,33). The molecule has 1 aromatic carbocycles. The van der Waals surface area contributed by atoms with Crippen molar-refractivity contribution in [1.82, 2.24) is 25.1 Å². The minimum Gasteiger partial charge on any atom is -0.356 e. The summed E-state index contributed by atoms with van der Waals surface area (Å²) in [5.41, 5.74) is 1.91. The van der Waals surface area contributed by atoms with Gasteiger partial charge in [-0.1, -0.05) is 6.92 Å². The van der Waals surface area contributed by atoms with Crippen molar-refractivity contribution in [2.45, 2.75) is 75.5 Å². The van der Waals surface area contributed by atoms with Gasteiger partial charge in [0.2, 0.25) is 5.91 Å². The second-order valence-electron chi connectivity index (χ2n) is 10.5. The molecular weight excluding hydrogens is 484 g/mol. The smallest absolute Gasteiger partial charge is 0.224 e. The molecule has 1 aliphatic heterocycles. The second kappa shape index (κ2) is 11.5. The number of H-pyrrole nitrogens is 1. The number of piperidine rings is 1. The lowest BCUT2D eigenvalue weighted by Crippen LogP contribution is -2.50. The topological polar surface area (TPSA) is 102 Å². The molecule has 3 N–H and O–H groups in total. The number of amides is 1. The highest BCUT2D eigenvalue weighted by Crippen LogP contribution is 2.31. The summed E-state index contributed by atoms with van der Waals surface area (Å²) < 4.78 is 0. The van der Waals surface area contributed by atoms with Crippen LogP contribution in [0.2, 0.25) is 0 Å². The summed E-state index contributed by atoms with van der Waals surface area (Å²) in [7, 11) is 2.23. The molecule has 1 aliphatic rings. The van der Waals surface area contributed by atoms with Crippen molar-refractivity contribution in [1.29, 1.82) is 0 Å². The number of nitrogens with one attached hydrogen (secondary N) is 3. The molecule has 9 nitrogen and oxygen atoms in total. The number of aromatic amines is 1. The minimum absolute atomic E-state index is 0.00165. The molecule has 0 atom stereocenters. The Kier molecular flexibility index (Phi) is 8.39. The molecule has 37 heavy (non-hydrogen) atoms. The molecule has 0 radical (unpaired) electrons. The van der Waals surface area contributed by atoms with Gasteiger partial charge in [0.25, 0.3) is 0 Å². The molecule has 2 aromatic heterocycles. The van der Waals surface area contributed by atoms with E-state index in [2.05, 4.69) is 58.4 Å². The predicted molar refractivity (Wildman–Crippen MR) is 151 cm³/mol. The van der Waals surface area contributed by atoms with Gasteiger partial charge in [0, 0.05) is 59.5 Å². The number of rotatable bonds is 8. The maximum atomic E-state index is 11.7. The first-order chi connectivity index (χ1) is 17.6. The Balaban J connectivity index is 1.53. The number of hydrogen-bond donors (Lipinski definition) is 3. The van der Waals surface area contributed by atoms with Crippen molar-refractivity contribution in [2.75, 3.05) is 35.7 Å². The maximum Gasteiger partial charge on any atom is 0.224 e. The molecule has 0 saturated carbocycles. The summed E-state index contributed by atoms with van der Waals surface area (Å²) >= 11 is 1.50. The summed E-state index contributed by atoms with van der Waals surface area (Å²) in [6.07, 6.45) is 2.63. The van der Waals surface area contributed by atoms with E-state index < -0.39 is 0 Å². The van der Waals surface area contributed by atoms with E-state index >= 15 is 0 Å². The van der Waals surface area contributed by atoms with Crippen molar-refractivity contribution in [3.8, 4) is 0 Å². The molecule has 198 valence electrons. The molecule has 0 bridgehead atoms. The molecule has 4 rings (SSSR count). The zero-order valence-electron chi connectivity index (χ0n) is 22.6. The lowest BCUT2D eigenvalue weighted by atomic mass is 9.97. The summed E-state index contributed by atoms with van der Waals surface area (Å²) in [5, 5.41) is 14.1. The normalized spacial score (nSPS) is 14.7. The predicted octanol–water partition coefficient (Wildman–Crippen LogP) is 5.45. The van der Waals surface area contributed by atoms with Gasteiger partial charge in [-0.25, -0.2) is 9.97 Å². The van der Waals surface area contributed by atoms with Gasteiger partial charge in [-0.3, -0.25) is 14.8 Å². The van der Waals surface area contributed by atoms with Gasteiger partial charge in [0.1, 0.15) is 11.6 Å². The number of carbonyl (C=O) groups excluding carboxylic acids is 1. The van der Waals surface area contributed by atoms with Crippen LogP contribution in [0.1, 0.15) is 52.7 Å². The molecular formula is C27H38N8OS.